The number of hydrogen-bond donors (Lipinski definition) is 0. The number of hydrogen-bond acceptors (Lipinski definition) is 2. The number of fused-ring (bicyclic) bond motifs is 1. The Labute approximate surface area is 127 Å². The SMILES string of the molecule is CCc1cccc2c(I)cn(C(=O)OC(C)(C)C)c12. The second-order valence-electron chi connectivity index (χ2n) is 5.49. The molecule has 0 unspecified atom stereocenters. The van der Waals surface area contributed by atoms with Gasteiger partial charge in [0.05, 0.1) is 5.52 Å². The third-order valence-electron chi connectivity index (χ3n) is 2.83. The monoisotopic (exact) mass is 371 g/mol. The molecular weight excluding hydrogens is 353 g/mol. The first kappa shape index (κ1) is 14.4. The van der Waals surface area contributed by atoms with Gasteiger partial charge >= 0.3 is 6.09 Å². The Morgan fingerprint density at radius 1 is 1.37 bits per heavy atom. The van der Waals surface area contributed by atoms with Crippen LogP contribution in [-0.4, -0.2) is 16.3 Å². The summed E-state index contributed by atoms with van der Waals surface area (Å²) in [4.78, 5) is 12.3. The molecule has 4 heteroatoms. The van der Waals surface area contributed by atoms with Crippen LogP contribution < -0.4 is 0 Å². The molecule has 3 nitrogen and oxygen atoms in total. The molecule has 0 aliphatic heterocycles. The predicted molar refractivity (Wildman–Crippen MR) is 85.7 cm³/mol. The van der Waals surface area contributed by atoms with Crippen molar-refractivity contribution in [1.29, 1.82) is 0 Å². The van der Waals surface area contributed by atoms with E-state index in [1.165, 1.54) is 0 Å². The number of para-hydroxylation sites is 1. The van der Waals surface area contributed by atoms with Crippen LogP contribution in [0.3, 0.4) is 0 Å². The molecule has 1 aromatic heterocycles. The van der Waals surface area contributed by atoms with Crippen molar-refractivity contribution < 1.29 is 9.53 Å². The first-order valence-corrected chi connectivity index (χ1v) is 7.43. The van der Waals surface area contributed by atoms with Crippen LogP contribution in [0.4, 0.5) is 4.79 Å². The fourth-order valence-electron chi connectivity index (χ4n) is 2.06. The molecule has 0 fully saturated rings. The average Bonchev–Trinajstić information content (AvgIpc) is 2.65. The molecule has 0 saturated carbocycles. The Morgan fingerprint density at radius 3 is 2.63 bits per heavy atom. The van der Waals surface area contributed by atoms with E-state index in [1.807, 2.05) is 39.1 Å². The number of carbonyl (C=O) groups is 1. The van der Waals surface area contributed by atoms with E-state index in [0.717, 1.165) is 26.5 Å². The highest BCUT2D eigenvalue weighted by atomic mass is 127. The molecular formula is C15H18INO2. The van der Waals surface area contributed by atoms with E-state index in [1.54, 1.807) is 4.57 Å². The van der Waals surface area contributed by atoms with Gasteiger partial charge < -0.3 is 4.74 Å². The van der Waals surface area contributed by atoms with Crippen molar-refractivity contribution in [3.8, 4) is 0 Å². The van der Waals surface area contributed by atoms with E-state index in [9.17, 15) is 4.79 Å². The lowest BCUT2D eigenvalue weighted by molar-refractivity contribution is 0.0544. The van der Waals surface area contributed by atoms with Gasteiger partial charge in [0.2, 0.25) is 0 Å². The van der Waals surface area contributed by atoms with Gasteiger partial charge in [0.25, 0.3) is 0 Å². The van der Waals surface area contributed by atoms with Crippen LogP contribution in [0.5, 0.6) is 0 Å². The van der Waals surface area contributed by atoms with Crippen molar-refractivity contribution in [2.45, 2.75) is 39.7 Å². The maximum absolute atomic E-state index is 12.3. The molecule has 0 atom stereocenters. The zero-order valence-corrected chi connectivity index (χ0v) is 13.8. The molecule has 0 spiro atoms. The highest BCUT2D eigenvalue weighted by molar-refractivity contribution is 14.1. The van der Waals surface area contributed by atoms with E-state index in [-0.39, 0.29) is 6.09 Å². The van der Waals surface area contributed by atoms with Crippen LogP contribution in [0.15, 0.2) is 24.4 Å². The van der Waals surface area contributed by atoms with Crippen LogP contribution in [0.1, 0.15) is 33.3 Å². The zero-order chi connectivity index (χ0) is 14.2. The van der Waals surface area contributed by atoms with Gasteiger partial charge in [-0.25, -0.2) is 4.79 Å². The van der Waals surface area contributed by atoms with Crippen LogP contribution in [-0.2, 0) is 11.2 Å². The number of benzene rings is 1. The lowest BCUT2D eigenvalue weighted by Gasteiger charge is -2.20. The fourth-order valence-corrected chi connectivity index (χ4v) is 2.77. The molecule has 0 bridgehead atoms. The Bertz CT molecular complexity index is 623. The summed E-state index contributed by atoms with van der Waals surface area (Å²) in [6.45, 7) is 7.72. The van der Waals surface area contributed by atoms with Gasteiger partial charge in [-0.15, -0.1) is 0 Å². The summed E-state index contributed by atoms with van der Waals surface area (Å²) in [7, 11) is 0. The molecule has 2 rings (SSSR count). The highest BCUT2D eigenvalue weighted by Gasteiger charge is 2.21. The first-order chi connectivity index (χ1) is 8.83. The topological polar surface area (TPSA) is 31.2 Å². The van der Waals surface area contributed by atoms with E-state index < -0.39 is 5.60 Å². The van der Waals surface area contributed by atoms with Gasteiger partial charge in [-0.05, 0) is 55.3 Å². The normalized spacial score (nSPS) is 11.8. The first-order valence-electron chi connectivity index (χ1n) is 6.35. The number of aryl methyl sites for hydroxylation is 1. The third-order valence-corrected chi connectivity index (χ3v) is 3.69. The fraction of sp³-hybridized carbons (Fsp3) is 0.400. The maximum Gasteiger partial charge on any atom is 0.419 e. The van der Waals surface area contributed by atoms with Crippen molar-refractivity contribution in [2.75, 3.05) is 0 Å². The smallest absolute Gasteiger partial charge is 0.419 e. The maximum atomic E-state index is 12.3. The minimum absolute atomic E-state index is 0.318. The van der Waals surface area contributed by atoms with Gasteiger partial charge in [-0.3, -0.25) is 4.57 Å². The number of halogens is 1. The second-order valence-corrected chi connectivity index (χ2v) is 6.66. The summed E-state index contributed by atoms with van der Waals surface area (Å²) in [5.74, 6) is 0. The molecule has 0 aliphatic carbocycles. The molecule has 0 saturated heterocycles. The summed E-state index contributed by atoms with van der Waals surface area (Å²) in [5, 5.41) is 1.10. The molecule has 0 radical (unpaired) electrons. The Kier molecular flexibility index (Phi) is 3.90. The third kappa shape index (κ3) is 2.94. The van der Waals surface area contributed by atoms with Crippen molar-refractivity contribution in [1.82, 2.24) is 4.57 Å². The van der Waals surface area contributed by atoms with Crippen molar-refractivity contribution in [3.05, 3.63) is 33.5 Å². The zero-order valence-electron chi connectivity index (χ0n) is 11.7. The van der Waals surface area contributed by atoms with Gasteiger partial charge in [-0.2, -0.15) is 0 Å². The quantitative estimate of drug-likeness (QED) is 0.687. The average molecular weight is 371 g/mol. The number of rotatable bonds is 1. The second kappa shape index (κ2) is 5.15. The van der Waals surface area contributed by atoms with Gasteiger partial charge in [-0.1, -0.05) is 25.1 Å². The van der Waals surface area contributed by atoms with E-state index >= 15 is 0 Å². The molecule has 0 N–H and O–H groups in total. The van der Waals surface area contributed by atoms with Crippen molar-refractivity contribution in [2.24, 2.45) is 0 Å². The molecule has 0 amide bonds. The molecule has 102 valence electrons. The largest absolute Gasteiger partial charge is 0.443 e. The minimum atomic E-state index is -0.486. The lowest BCUT2D eigenvalue weighted by atomic mass is 10.1. The van der Waals surface area contributed by atoms with E-state index in [2.05, 4.69) is 35.6 Å². The molecule has 2 aromatic rings. The Morgan fingerprint density at radius 2 is 2.05 bits per heavy atom. The van der Waals surface area contributed by atoms with E-state index in [4.69, 9.17) is 4.74 Å². The summed E-state index contributed by atoms with van der Waals surface area (Å²) < 4.78 is 8.16. The molecule has 0 aliphatic rings. The van der Waals surface area contributed by atoms with Crippen molar-refractivity contribution >= 4 is 39.6 Å². The van der Waals surface area contributed by atoms with Crippen LogP contribution in [0.2, 0.25) is 0 Å². The van der Waals surface area contributed by atoms with Crippen LogP contribution in [0, 0.1) is 3.57 Å². The molecule has 19 heavy (non-hydrogen) atoms. The molecule has 1 aromatic carbocycles. The number of ether oxygens (including phenoxy) is 1. The standard InChI is InChI=1S/C15H18INO2/c1-5-10-7-6-8-11-12(16)9-17(13(10)11)14(18)19-15(2,3)4/h6-9H,5H2,1-4H3. The Balaban J connectivity index is 2.58. The van der Waals surface area contributed by atoms with Gasteiger partial charge in [0.15, 0.2) is 0 Å². The van der Waals surface area contributed by atoms with Crippen molar-refractivity contribution in [3.63, 3.8) is 0 Å². The van der Waals surface area contributed by atoms with E-state index in [0.29, 0.717) is 0 Å². The highest BCUT2D eigenvalue weighted by Crippen LogP contribution is 2.27. The summed E-state index contributed by atoms with van der Waals surface area (Å²) in [5.41, 5.74) is 1.63. The summed E-state index contributed by atoms with van der Waals surface area (Å²) in [6.07, 6.45) is 2.42. The number of carbonyl (C=O) groups excluding carboxylic acids is 1. The number of aromatic nitrogens is 1. The minimum Gasteiger partial charge on any atom is -0.443 e. The molecule has 1 heterocycles. The Hall–Kier alpha value is -1.04. The van der Waals surface area contributed by atoms with Crippen LogP contribution >= 0.6 is 22.6 Å². The summed E-state index contributed by atoms with van der Waals surface area (Å²) in [6, 6.07) is 6.12. The van der Waals surface area contributed by atoms with Gasteiger partial charge in [0.1, 0.15) is 5.60 Å². The predicted octanol–water partition coefficient (Wildman–Crippen LogP) is 4.59. The summed E-state index contributed by atoms with van der Waals surface area (Å²) >= 11 is 2.25. The number of nitrogens with zero attached hydrogens (tertiary/aromatic N) is 1. The lowest BCUT2D eigenvalue weighted by Crippen LogP contribution is -2.26. The van der Waals surface area contributed by atoms with Gasteiger partial charge in [0, 0.05) is 15.2 Å². The van der Waals surface area contributed by atoms with Crippen LogP contribution in [0.25, 0.3) is 10.9 Å².